The number of hydrogen-bond donors (Lipinski definition) is 3. The van der Waals surface area contributed by atoms with Crippen molar-refractivity contribution in [3.63, 3.8) is 0 Å². The van der Waals surface area contributed by atoms with E-state index in [0.29, 0.717) is 29.1 Å². The normalized spacial score (nSPS) is 11.7. The summed E-state index contributed by atoms with van der Waals surface area (Å²) >= 11 is 4.77. The Bertz CT molecular complexity index is 1680. The number of rotatable bonds is 13. The van der Waals surface area contributed by atoms with Gasteiger partial charge in [-0.1, -0.05) is 59.6 Å². The van der Waals surface area contributed by atoms with Crippen LogP contribution in [0.5, 0.6) is 0 Å². The lowest BCUT2D eigenvalue weighted by Crippen LogP contribution is -2.30. The number of thioether (sulfide) groups is 1. The van der Waals surface area contributed by atoms with E-state index in [1.165, 1.54) is 11.8 Å². The number of halogens is 1. The fraction of sp³-hybridized carbons (Fsp3) is 0.167. The van der Waals surface area contributed by atoms with E-state index in [1.54, 1.807) is 73.7 Å². The number of hydrogen-bond acceptors (Lipinski definition) is 6. The summed E-state index contributed by atoms with van der Waals surface area (Å²) in [6.07, 6.45) is 3.37. The maximum absolute atomic E-state index is 13.3. The third-order valence-electron chi connectivity index (χ3n) is 6.62. The zero-order valence-electron chi connectivity index (χ0n) is 25.4. The molecule has 0 saturated heterocycles. The first-order chi connectivity index (χ1) is 22.2. The molecule has 10 heteroatoms. The fourth-order valence-electron chi connectivity index (χ4n) is 4.07. The number of nitrogens with one attached hydrogen (secondary N) is 3. The van der Waals surface area contributed by atoms with E-state index in [4.69, 9.17) is 4.74 Å². The Hall–Kier alpha value is -4.67. The highest BCUT2D eigenvalue weighted by atomic mass is 79.9. The summed E-state index contributed by atoms with van der Waals surface area (Å²) in [7, 11) is 0. The highest BCUT2D eigenvalue weighted by Gasteiger charge is 2.17. The molecule has 4 aromatic rings. The van der Waals surface area contributed by atoms with Crippen molar-refractivity contribution < 1.29 is 23.9 Å². The van der Waals surface area contributed by atoms with E-state index in [9.17, 15) is 19.2 Å². The molecular weight excluding hydrogens is 666 g/mol. The maximum Gasteiger partial charge on any atom is 0.338 e. The molecule has 1 atom stereocenters. The topological polar surface area (TPSA) is 114 Å². The Morgan fingerprint density at radius 3 is 2.09 bits per heavy atom. The Morgan fingerprint density at radius 2 is 1.43 bits per heavy atom. The van der Waals surface area contributed by atoms with Crippen molar-refractivity contribution in [2.45, 2.75) is 36.8 Å². The van der Waals surface area contributed by atoms with Gasteiger partial charge in [0.05, 0.1) is 17.4 Å². The Kier molecular flexibility index (Phi) is 12.7. The van der Waals surface area contributed by atoms with Crippen molar-refractivity contribution in [1.29, 1.82) is 0 Å². The Labute approximate surface area is 281 Å². The molecule has 8 nitrogen and oxygen atoms in total. The first kappa shape index (κ1) is 34.2. The van der Waals surface area contributed by atoms with Crippen LogP contribution in [-0.4, -0.2) is 35.5 Å². The molecule has 4 aromatic carbocycles. The van der Waals surface area contributed by atoms with Crippen LogP contribution >= 0.6 is 27.7 Å². The van der Waals surface area contributed by atoms with Gasteiger partial charge in [-0.2, -0.15) is 0 Å². The summed E-state index contributed by atoms with van der Waals surface area (Å²) in [6.45, 7) is 4.20. The number of anilines is 2. The minimum Gasteiger partial charge on any atom is -0.462 e. The second-order valence-corrected chi connectivity index (χ2v) is 12.6. The number of ether oxygens (including phenoxy) is 1. The van der Waals surface area contributed by atoms with Crippen molar-refractivity contribution in [3.8, 4) is 0 Å². The van der Waals surface area contributed by atoms with Crippen LogP contribution in [0.3, 0.4) is 0 Å². The predicted molar refractivity (Wildman–Crippen MR) is 187 cm³/mol. The first-order valence-corrected chi connectivity index (χ1v) is 16.4. The number of amides is 3. The van der Waals surface area contributed by atoms with Crippen LogP contribution in [0.25, 0.3) is 6.08 Å². The Morgan fingerprint density at radius 1 is 0.804 bits per heavy atom. The third-order valence-corrected chi connectivity index (χ3v) is 8.26. The van der Waals surface area contributed by atoms with Crippen molar-refractivity contribution in [1.82, 2.24) is 5.32 Å². The summed E-state index contributed by atoms with van der Waals surface area (Å²) < 4.78 is 6.11. The van der Waals surface area contributed by atoms with Crippen LogP contribution in [0.2, 0.25) is 0 Å². The van der Waals surface area contributed by atoms with Gasteiger partial charge >= 0.3 is 5.97 Å². The molecule has 46 heavy (non-hydrogen) atoms. The van der Waals surface area contributed by atoms with E-state index in [0.717, 1.165) is 27.8 Å². The van der Waals surface area contributed by atoms with E-state index < -0.39 is 17.1 Å². The number of carbonyl (C=O) groups is 4. The van der Waals surface area contributed by atoms with Gasteiger partial charge in [-0.05, 0) is 97.8 Å². The molecule has 0 aliphatic heterocycles. The van der Waals surface area contributed by atoms with Crippen LogP contribution in [-0.2, 0) is 14.3 Å². The molecule has 4 rings (SSSR count). The summed E-state index contributed by atoms with van der Waals surface area (Å²) in [5.41, 5.74) is 2.78. The van der Waals surface area contributed by atoms with Gasteiger partial charge in [0.25, 0.3) is 11.8 Å². The second-order valence-electron chi connectivity index (χ2n) is 10.2. The van der Waals surface area contributed by atoms with Crippen LogP contribution in [0.4, 0.5) is 11.4 Å². The van der Waals surface area contributed by atoms with Gasteiger partial charge in [0, 0.05) is 26.3 Å². The van der Waals surface area contributed by atoms with Crippen LogP contribution < -0.4 is 16.0 Å². The summed E-state index contributed by atoms with van der Waals surface area (Å²) in [5, 5.41) is 8.02. The molecule has 3 N–H and O–H groups in total. The number of benzene rings is 4. The highest BCUT2D eigenvalue weighted by molar-refractivity contribution is 9.10. The summed E-state index contributed by atoms with van der Waals surface area (Å²) in [6, 6.07) is 29.7. The lowest BCUT2D eigenvalue weighted by atomic mass is 10.1. The molecule has 0 spiro atoms. The number of esters is 1. The van der Waals surface area contributed by atoms with Crippen molar-refractivity contribution in [2.75, 3.05) is 17.2 Å². The van der Waals surface area contributed by atoms with Gasteiger partial charge in [-0.15, -0.1) is 11.8 Å². The van der Waals surface area contributed by atoms with E-state index in [1.807, 2.05) is 49.4 Å². The average Bonchev–Trinajstić information content (AvgIpc) is 3.07. The van der Waals surface area contributed by atoms with Crippen molar-refractivity contribution in [2.24, 2.45) is 0 Å². The molecule has 0 heterocycles. The molecule has 0 bridgehead atoms. The van der Waals surface area contributed by atoms with Crippen LogP contribution in [0, 0.1) is 0 Å². The fourth-order valence-corrected chi connectivity index (χ4v) is 5.20. The van der Waals surface area contributed by atoms with Gasteiger partial charge in [0.15, 0.2) is 0 Å². The van der Waals surface area contributed by atoms with Crippen LogP contribution in [0.1, 0.15) is 53.0 Å². The van der Waals surface area contributed by atoms with Crippen molar-refractivity contribution in [3.05, 3.63) is 130 Å². The number of carbonyl (C=O) groups excluding carboxylic acids is 4. The maximum atomic E-state index is 13.3. The molecular formula is C36H34BrN3O5S. The molecule has 0 aliphatic rings. The van der Waals surface area contributed by atoms with Gasteiger partial charge < -0.3 is 20.7 Å². The minimum absolute atomic E-state index is 0.0846. The summed E-state index contributed by atoms with van der Waals surface area (Å²) in [4.78, 5) is 51.9. The van der Waals surface area contributed by atoms with Gasteiger partial charge in [0.2, 0.25) is 5.91 Å². The predicted octanol–water partition coefficient (Wildman–Crippen LogP) is 7.93. The standard InChI is InChI=1S/C36H34BrN3O5S/c1-3-4-22-45-36(44)27-12-16-29(17-13-27)38-33(41)24(2)46-31-20-18-30(19-21-31)39-35(43)32(23-25-10-14-28(37)15-11-25)40-34(42)26-8-6-5-7-9-26/h5-21,23-24H,3-4,22H2,1-2H3,(H,38,41)(H,39,43)(H,40,42)/b32-23-. The largest absolute Gasteiger partial charge is 0.462 e. The Balaban J connectivity index is 1.35. The third kappa shape index (κ3) is 10.5. The monoisotopic (exact) mass is 699 g/mol. The van der Waals surface area contributed by atoms with E-state index in [-0.39, 0.29) is 17.6 Å². The molecule has 0 fully saturated rings. The van der Waals surface area contributed by atoms with Gasteiger partial charge in [0.1, 0.15) is 5.70 Å². The van der Waals surface area contributed by atoms with Crippen LogP contribution in [0.15, 0.2) is 118 Å². The molecule has 0 saturated carbocycles. The molecule has 3 amide bonds. The number of unbranched alkanes of at least 4 members (excludes halogenated alkanes) is 1. The molecule has 236 valence electrons. The SMILES string of the molecule is CCCCOC(=O)c1ccc(NC(=O)C(C)Sc2ccc(NC(=O)/C(=C/c3ccc(Br)cc3)NC(=O)c3ccccc3)cc2)cc1. The van der Waals surface area contributed by atoms with Gasteiger partial charge in [-0.3, -0.25) is 14.4 Å². The zero-order valence-corrected chi connectivity index (χ0v) is 27.8. The average molecular weight is 701 g/mol. The highest BCUT2D eigenvalue weighted by Crippen LogP contribution is 2.26. The molecule has 0 radical (unpaired) electrons. The molecule has 0 aliphatic carbocycles. The zero-order chi connectivity index (χ0) is 32.9. The first-order valence-electron chi connectivity index (χ1n) is 14.7. The molecule has 1 unspecified atom stereocenters. The van der Waals surface area contributed by atoms with E-state index in [2.05, 4.69) is 31.9 Å². The lowest BCUT2D eigenvalue weighted by molar-refractivity contribution is -0.115. The molecule has 0 aromatic heterocycles. The quantitative estimate of drug-likeness (QED) is 0.0565. The van der Waals surface area contributed by atoms with Gasteiger partial charge in [-0.25, -0.2) is 4.79 Å². The second kappa shape index (κ2) is 17.1. The van der Waals surface area contributed by atoms with E-state index >= 15 is 0 Å². The summed E-state index contributed by atoms with van der Waals surface area (Å²) in [5.74, 6) is -1.47. The minimum atomic E-state index is -0.486. The van der Waals surface area contributed by atoms with Crippen molar-refractivity contribution >= 4 is 68.8 Å². The smallest absolute Gasteiger partial charge is 0.338 e. The lowest BCUT2D eigenvalue weighted by Gasteiger charge is -2.14.